The van der Waals surface area contributed by atoms with Crippen LogP contribution in [0, 0.1) is 0 Å². The third-order valence-electron chi connectivity index (χ3n) is 8.92. The Kier molecular flexibility index (Phi) is 5.47. The fraction of sp³-hybridized carbons (Fsp3) is 0.100. The van der Waals surface area contributed by atoms with Crippen molar-refractivity contribution in [3.63, 3.8) is 0 Å². The lowest BCUT2D eigenvalue weighted by Crippen LogP contribution is -2.14. The van der Waals surface area contributed by atoms with Crippen molar-refractivity contribution in [1.82, 2.24) is 0 Å². The fourth-order valence-electron chi connectivity index (χ4n) is 7.30. The molecule has 0 bridgehead atoms. The zero-order valence-corrected chi connectivity index (χ0v) is 23.5. The Labute approximate surface area is 242 Å². The predicted octanol–water partition coefficient (Wildman–Crippen LogP) is 9.90. The minimum atomic E-state index is 0.941. The lowest BCUT2D eigenvalue weighted by Gasteiger charge is -2.29. The summed E-state index contributed by atoms with van der Waals surface area (Å²) < 4.78 is 0. The molecule has 41 heavy (non-hydrogen) atoms. The van der Waals surface area contributed by atoms with Gasteiger partial charge in [0.25, 0.3) is 0 Å². The van der Waals surface area contributed by atoms with Crippen LogP contribution in [0.15, 0.2) is 127 Å². The molecule has 6 aromatic carbocycles. The lowest BCUT2D eigenvalue weighted by atomic mass is 9.79. The third-order valence-corrected chi connectivity index (χ3v) is 8.92. The molecule has 0 spiro atoms. The van der Waals surface area contributed by atoms with Crippen LogP contribution in [-0.2, 0) is 12.8 Å². The van der Waals surface area contributed by atoms with Crippen molar-refractivity contribution in [2.75, 3.05) is 19.0 Å². The van der Waals surface area contributed by atoms with Gasteiger partial charge in [0.15, 0.2) is 0 Å². The van der Waals surface area contributed by atoms with E-state index in [9.17, 15) is 0 Å². The van der Waals surface area contributed by atoms with Gasteiger partial charge in [-0.25, -0.2) is 0 Å². The molecule has 0 saturated carbocycles. The minimum Gasteiger partial charge on any atom is -0.377 e. The van der Waals surface area contributed by atoms with E-state index in [1.807, 2.05) is 0 Å². The molecule has 2 aliphatic carbocycles. The fourth-order valence-corrected chi connectivity index (χ4v) is 7.30. The van der Waals surface area contributed by atoms with Crippen LogP contribution >= 0.6 is 0 Å². The number of anilines is 1. The van der Waals surface area contributed by atoms with Gasteiger partial charge in [-0.05, 0) is 73.2 Å². The summed E-state index contributed by atoms with van der Waals surface area (Å²) in [6.07, 6.45) is 1.90. The molecule has 0 aromatic heterocycles. The maximum atomic E-state index is 2.36. The topological polar surface area (TPSA) is 3.24 Å². The van der Waals surface area contributed by atoms with E-state index >= 15 is 0 Å². The summed E-state index contributed by atoms with van der Waals surface area (Å²) >= 11 is 0. The molecule has 2 aliphatic rings. The predicted molar refractivity (Wildman–Crippen MR) is 174 cm³/mol. The molecule has 1 heteroatoms. The highest BCUT2D eigenvalue weighted by Crippen LogP contribution is 2.57. The molecule has 0 N–H and O–H groups in total. The summed E-state index contributed by atoms with van der Waals surface area (Å²) in [5, 5.41) is 0. The van der Waals surface area contributed by atoms with Crippen molar-refractivity contribution >= 4 is 5.69 Å². The summed E-state index contributed by atoms with van der Waals surface area (Å²) in [4.78, 5) is 2.36. The zero-order chi connectivity index (χ0) is 27.5. The molecule has 0 saturated heterocycles. The number of rotatable bonds is 4. The number of hydrogen-bond donors (Lipinski definition) is 0. The highest BCUT2D eigenvalue weighted by atomic mass is 15.1. The Morgan fingerprint density at radius 2 is 0.878 bits per heavy atom. The average Bonchev–Trinajstić information content (AvgIpc) is 3.59. The molecule has 0 radical (unpaired) electrons. The SMILES string of the molecule is CN(C)c1c2c(c(-c3ccccc3)c(-c3ccccc3)c1-c1cccc3c1Cc1ccccc1-3)-c1ccccc1C2. The van der Waals surface area contributed by atoms with Crippen LogP contribution in [-0.4, -0.2) is 14.1 Å². The van der Waals surface area contributed by atoms with E-state index in [2.05, 4.69) is 146 Å². The summed E-state index contributed by atoms with van der Waals surface area (Å²) in [6, 6.07) is 46.9. The van der Waals surface area contributed by atoms with Crippen molar-refractivity contribution in [3.8, 4) is 55.6 Å². The van der Waals surface area contributed by atoms with Gasteiger partial charge in [0.2, 0.25) is 0 Å². The number of hydrogen-bond acceptors (Lipinski definition) is 1. The summed E-state index contributed by atoms with van der Waals surface area (Å²) in [7, 11) is 4.44. The van der Waals surface area contributed by atoms with Gasteiger partial charge < -0.3 is 4.90 Å². The standard InChI is InChI=1S/C40H31N/c1-41(2)40-35-25-29-19-10-12-21-31(29)38(35)36(26-14-5-3-6-15-26)37(27-16-7-4-8-17-27)39(40)33-23-13-22-32-30-20-11-9-18-28(30)24-34(32)33/h3-23H,24-25H2,1-2H3. The number of benzene rings is 6. The molecular formula is C40H31N. The van der Waals surface area contributed by atoms with Gasteiger partial charge in [-0.1, -0.05) is 127 Å². The van der Waals surface area contributed by atoms with Gasteiger partial charge >= 0.3 is 0 Å². The smallest absolute Gasteiger partial charge is 0.0489 e. The highest BCUT2D eigenvalue weighted by Gasteiger charge is 2.34. The average molecular weight is 526 g/mol. The summed E-state index contributed by atoms with van der Waals surface area (Å²) in [6.45, 7) is 0. The van der Waals surface area contributed by atoms with Gasteiger partial charge in [-0.3, -0.25) is 0 Å². The molecule has 6 aromatic rings. The van der Waals surface area contributed by atoms with Crippen LogP contribution in [0.3, 0.4) is 0 Å². The second-order valence-corrected chi connectivity index (χ2v) is 11.5. The molecule has 0 aliphatic heterocycles. The van der Waals surface area contributed by atoms with Crippen LogP contribution in [0.2, 0.25) is 0 Å². The normalized spacial score (nSPS) is 12.4. The monoisotopic (exact) mass is 525 g/mol. The van der Waals surface area contributed by atoms with Crippen LogP contribution < -0.4 is 4.90 Å². The second-order valence-electron chi connectivity index (χ2n) is 11.5. The maximum Gasteiger partial charge on any atom is 0.0489 e. The van der Waals surface area contributed by atoms with E-state index < -0.39 is 0 Å². The van der Waals surface area contributed by atoms with Gasteiger partial charge in [-0.2, -0.15) is 0 Å². The van der Waals surface area contributed by atoms with E-state index in [4.69, 9.17) is 0 Å². The largest absolute Gasteiger partial charge is 0.377 e. The van der Waals surface area contributed by atoms with Gasteiger partial charge in [-0.15, -0.1) is 0 Å². The molecule has 0 heterocycles. The third kappa shape index (κ3) is 3.62. The molecule has 0 amide bonds. The molecule has 196 valence electrons. The van der Waals surface area contributed by atoms with Crippen molar-refractivity contribution < 1.29 is 0 Å². The van der Waals surface area contributed by atoms with E-state index in [0.29, 0.717) is 0 Å². The maximum absolute atomic E-state index is 2.36. The van der Waals surface area contributed by atoms with Crippen molar-refractivity contribution in [3.05, 3.63) is 150 Å². The molecule has 0 unspecified atom stereocenters. The lowest BCUT2D eigenvalue weighted by molar-refractivity contribution is 1.10. The first-order valence-electron chi connectivity index (χ1n) is 14.5. The van der Waals surface area contributed by atoms with Gasteiger partial charge in [0.05, 0.1) is 0 Å². The van der Waals surface area contributed by atoms with E-state index in [1.54, 1.807) is 0 Å². The van der Waals surface area contributed by atoms with Crippen molar-refractivity contribution in [2.45, 2.75) is 12.8 Å². The summed E-state index contributed by atoms with van der Waals surface area (Å²) in [5.74, 6) is 0. The summed E-state index contributed by atoms with van der Waals surface area (Å²) in [5.41, 5.74) is 20.4. The molecule has 1 nitrogen and oxygen atoms in total. The van der Waals surface area contributed by atoms with Crippen molar-refractivity contribution in [1.29, 1.82) is 0 Å². The minimum absolute atomic E-state index is 0.941. The van der Waals surface area contributed by atoms with Gasteiger partial charge in [0.1, 0.15) is 0 Å². The highest BCUT2D eigenvalue weighted by molar-refractivity contribution is 6.11. The molecule has 0 fully saturated rings. The number of nitrogens with zero attached hydrogens (tertiary/aromatic N) is 1. The van der Waals surface area contributed by atoms with Crippen LogP contribution in [0.4, 0.5) is 5.69 Å². The second kappa shape index (κ2) is 9.35. The van der Waals surface area contributed by atoms with E-state index in [1.165, 1.54) is 83.6 Å². The zero-order valence-electron chi connectivity index (χ0n) is 23.5. The molecule has 8 rings (SSSR count). The number of fused-ring (bicyclic) bond motifs is 6. The molecule has 0 atom stereocenters. The Hall–Kier alpha value is -4.88. The van der Waals surface area contributed by atoms with Crippen LogP contribution in [0.1, 0.15) is 22.3 Å². The quantitative estimate of drug-likeness (QED) is 0.221. The van der Waals surface area contributed by atoms with Crippen LogP contribution in [0.25, 0.3) is 55.6 Å². The molecular weight excluding hydrogens is 494 g/mol. The van der Waals surface area contributed by atoms with E-state index in [-0.39, 0.29) is 0 Å². The Morgan fingerprint density at radius 3 is 1.54 bits per heavy atom. The Balaban J connectivity index is 1.57. The van der Waals surface area contributed by atoms with Crippen LogP contribution in [0.5, 0.6) is 0 Å². The Bertz CT molecular complexity index is 1950. The van der Waals surface area contributed by atoms with Gasteiger partial charge in [0, 0.05) is 37.3 Å². The Morgan fingerprint density at radius 1 is 0.390 bits per heavy atom. The first kappa shape index (κ1) is 24.0. The van der Waals surface area contributed by atoms with Crippen molar-refractivity contribution in [2.24, 2.45) is 0 Å². The first-order chi connectivity index (χ1) is 20.2. The van der Waals surface area contributed by atoms with E-state index in [0.717, 1.165) is 12.8 Å². The first-order valence-corrected chi connectivity index (χ1v) is 14.5.